The van der Waals surface area contributed by atoms with Crippen molar-refractivity contribution in [3.63, 3.8) is 0 Å². The van der Waals surface area contributed by atoms with Crippen molar-refractivity contribution in [3.8, 4) is 11.5 Å². The van der Waals surface area contributed by atoms with Gasteiger partial charge in [-0.05, 0) is 59.9 Å². The number of hydrogen-bond acceptors (Lipinski definition) is 7. The number of methoxy groups -OCH3 is 2. The number of nitrogens with one attached hydrogen (secondary N) is 1. The summed E-state index contributed by atoms with van der Waals surface area (Å²) in [4.78, 5) is 11.6. The van der Waals surface area contributed by atoms with Gasteiger partial charge in [0.1, 0.15) is 11.2 Å². The van der Waals surface area contributed by atoms with Crippen LogP contribution >= 0.6 is 11.3 Å². The van der Waals surface area contributed by atoms with Crippen molar-refractivity contribution < 1.29 is 9.47 Å². The van der Waals surface area contributed by atoms with E-state index >= 15 is 0 Å². The quantitative estimate of drug-likeness (QED) is 0.379. The summed E-state index contributed by atoms with van der Waals surface area (Å²) in [6.45, 7) is 7.07. The minimum Gasteiger partial charge on any atom is -0.493 e. The third kappa shape index (κ3) is 4.24. The maximum absolute atomic E-state index is 5.37. The summed E-state index contributed by atoms with van der Waals surface area (Å²) in [5.41, 5.74) is 5.81. The molecule has 0 bridgehead atoms. The Morgan fingerprint density at radius 3 is 2.77 bits per heavy atom. The minimum absolute atomic E-state index is 0.334. The van der Waals surface area contributed by atoms with Crippen LogP contribution in [0.5, 0.6) is 11.5 Å². The Labute approximate surface area is 187 Å². The molecule has 0 spiro atoms. The van der Waals surface area contributed by atoms with E-state index < -0.39 is 0 Å². The van der Waals surface area contributed by atoms with Gasteiger partial charge in [0.25, 0.3) is 0 Å². The molecule has 1 N–H and O–H groups in total. The maximum atomic E-state index is 5.37. The van der Waals surface area contributed by atoms with Crippen molar-refractivity contribution in [3.05, 3.63) is 40.5 Å². The Kier molecular flexibility index (Phi) is 6.14. The second-order valence-electron chi connectivity index (χ2n) is 8.67. The number of hydrogen-bond donors (Lipinski definition) is 1. The van der Waals surface area contributed by atoms with Crippen molar-refractivity contribution >= 4 is 33.6 Å². The van der Waals surface area contributed by atoms with Gasteiger partial charge in [0.15, 0.2) is 17.3 Å². The lowest BCUT2D eigenvalue weighted by atomic mass is 9.69. The van der Waals surface area contributed by atoms with Gasteiger partial charge in [0.2, 0.25) is 0 Å². The molecule has 7 heteroatoms. The van der Waals surface area contributed by atoms with Crippen LogP contribution in [0.2, 0.25) is 0 Å². The molecule has 0 fully saturated rings. The molecule has 2 heterocycles. The summed E-state index contributed by atoms with van der Waals surface area (Å²) in [5, 5.41) is 5.58. The molecule has 0 saturated carbocycles. The van der Waals surface area contributed by atoms with E-state index in [9.17, 15) is 0 Å². The number of nitrogens with zero attached hydrogens (tertiary/aromatic N) is 3. The Balaban J connectivity index is 1.61. The van der Waals surface area contributed by atoms with Crippen LogP contribution in [-0.2, 0) is 12.8 Å². The molecule has 1 aliphatic rings. The van der Waals surface area contributed by atoms with Crippen LogP contribution in [0.1, 0.15) is 49.6 Å². The summed E-state index contributed by atoms with van der Waals surface area (Å²) in [6.07, 6.45) is 8.01. The number of rotatable bonds is 7. The van der Waals surface area contributed by atoms with Gasteiger partial charge in [-0.25, -0.2) is 9.97 Å². The van der Waals surface area contributed by atoms with Crippen LogP contribution in [0.4, 0.5) is 5.82 Å². The zero-order valence-electron chi connectivity index (χ0n) is 18.9. The highest BCUT2D eigenvalue weighted by molar-refractivity contribution is 7.19. The molecule has 0 radical (unpaired) electrons. The average Bonchev–Trinajstić information content (AvgIpc) is 3.17. The van der Waals surface area contributed by atoms with E-state index in [0.717, 1.165) is 34.4 Å². The largest absolute Gasteiger partial charge is 0.493 e. The molecule has 1 aliphatic carbocycles. The number of ether oxygens (including phenoxy) is 2. The van der Waals surface area contributed by atoms with Crippen LogP contribution in [0.15, 0.2) is 29.6 Å². The summed E-state index contributed by atoms with van der Waals surface area (Å²) in [5.74, 6) is 2.81. The Morgan fingerprint density at radius 2 is 2.03 bits per heavy atom. The van der Waals surface area contributed by atoms with Crippen LogP contribution in [-0.4, -0.2) is 30.4 Å². The zero-order valence-corrected chi connectivity index (χ0v) is 19.7. The number of fused-ring (bicyclic) bond motifs is 3. The third-order valence-corrected chi connectivity index (χ3v) is 7.85. The fourth-order valence-corrected chi connectivity index (χ4v) is 5.43. The van der Waals surface area contributed by atoms with Crippen molar-refractivity contribution in [2.75, 3.05) is 19.6 Å². The molecule has 4 rings (SSSR count). The molecular formula is C24H30N4O2S. The number of benzene rings is 1. The second kappa shape index (κ2) is 8.83. The SMILES string of the molecule is CCC(C)(C)[C@@H]1CCc2sc3ncnc(N/N=C/c4ccc(OC)c(OC)c4)c3c2C1. The molecule has 31 heavy (non-hydrogen) atoms. The fraction of sp³-hybridized carbons (Fsp3) is 0.458. The van der Waals surface area contributed by atoms with E-state index in [4.69, 9.17) is 9.47 Å². The van der Waals surface area contributed by atoms with Gasteiger partial charge in [-0.3, -0.25) is 5.43 Å². The first-order valence-corrected chi connectivity index (χ1v) is 11.5. The first kappa shape index (κ1) is 21.6. The summed E-state index contributed by atoms with van der Waals surface area (Å²) < 4.78 is 10.7. The molecular weight excluding hydrogens is 408 g/mol. The molecule has 164 valence electrons. The van der Waals surface area contributed by atoms with Crippen LogP contribution < -0.4 is 14.9 Å². The van der Waals surface area contributed by atoms with Gasteiger partial charge in [0, 0.05) is 4.88 Å². The summed E-state index contributed by atoms with van der Waals surface area (Å²) in [7, 11) is 3.25. The lowest BCUT2D eigenvalue weighted by Crippen LogP contribution is -2.28. The van der Waals surface area contributed by atoms with Crippen LogP contribution in [0.25, 0.3) is 10.2 Å². The molecule has 2 aromatic heterocycles. The Morgan fingerprint density at radius 1 is 1.23 bits per heavy atom. The Bertz CT molecular complexity index is 1110. The topological polar surface area (TPSA) is 68.6 Å². The monoisotopic (exact) mass is 438 g/mol. The predicted octanol–water partition coefficient (Wildman–Crippen LogP) is 5.70. The molecule has 0 saturated heterocycles. The van der Waals surface area contributed by atoms with E-state index in [-0.39, 0.29) is 0 Å². The standard InChI is InChI=1S/C24H30N4O2S/c1-6-24(2,3)16-8-10-20-17(12-16)21-22(25-14-26-23(21)31-20)28-27-13-15-7-9-18(29-4)19(11-15)30-5/h7,9,11,13-14,16H,6,8,10,12H2,1-5H3,(H,25,26,28)/b27-13+/t16-/m1/s1. The van der Waals surface area contributed by atoms with Crippen molar-refractivity contribution in [1.82, 2.24) is 9.97 Å². The number of hydrazone groups is 1. The maximum Gasteiger partial charge on any atom is 0.161 e. The molecule has 3 aromatic rings. The van der Waals surface area contributed by atoms with Gasteiger partial charge in [-0.1, -0.05) is 27.2 Å². The predicted molar refractivity (Wildman–Crippen MR) is 128 cm³/mol. The third-order valence-electron chi connectivity index (χ3n) is 6.65. The van der Waals surface area contributed by atoms with Gasteiger partial charge in [-0.15, -0.1) is 11.3 Å². The Hall–Kier alpha value is -2.67. The average molecular weight is 439 g/mol. The minimum atomic E-state index is 0.334. The van der Waals surface area contributed by atoms with Crippen LogP contribution in [0.3, 0.4) is 0 Å². The highest BCUT2D eigenvalue weighted by Gasteiger charge is 2.33. The smallest absolute Gasteiger partial charge is 0.161 e. The van der Waals surface area contributed by atoms with Gasteiger partial charge >= 0.3 is 0 Å². The molecule has 1 atom stereocenters. The van der Waals surface area contributed by atoms with Crippen LogP contribution in [0, 0.1) is 11.3 Å². The first-order chi connectivity index (χ1) is 15.0. The molecule has 1 aromatic carbocycles. The first-order valence-electron chi connectivity index (χ1n) is 10.7. The number of aromatic nitrogens is 2. The fourth-order valence-electron chi connectivity index (χ4n) is 4.25. The highest BCUT2D eigenvalue weighted by atomic mass is 32.1. The van der Waals surface area contributed by atoms with E-state index in [2.05, 4.69) is 41.3 Å². The van der Waals surface area contributed by atoms with E-state index in [1.807, 2.05) is 18.2 Å². The van der Waals surface area contributed by atoms with Gasteiger partial charge in [-0.2, -0.15) is 5.10 Å². The lowest BCUT2D eigenvalue weighted by Gasteiger charge is -2.36. The molecule has 0 unspecified atom stereocenters. The summed E-state index contributed by atoms with van der Waals surface area (Å²) >= 11 is 1.80. The summed E-state index contributed by atoms with van der Waals surface area (Å²) in [6, 6.07) is 5.70. The van der Waals surface area contributed by atoms with Crippen molar-refractivity contribution in [2.24, 2.45) is 16.4 Å². The highest BCUT2D eigenvalue weighted by Crippen LogP contribution is 2.45. The van der Waals surface area contributed by atoms with Crippen molar-refractivity contribution in [2.45, 2.75) is 46.5 Å². The molecule has 6 nitrogen and oxygen atoms in total. The van der Waals surface area contributed by atoms with Gasteiger partial charge in [0.05, 0.1) is 25.8 Å². The lowest BCUT2D eigenvalue weighted by molar-refractivity contribution is 0.184. The normalized spacial score (nSPS) is 16.5. The van der Waals surface area contributed by atoms with E-state index in [0.29, 0.717) is 22.8 Å². The molecule has 0 aliphatic heterocycles. The van der Waals surface area contributed by atoms with E-state index in [1.165, 1.54) is 23.3 Å². The van der Waals surface area contributed by atoms with Gasteiger partial charge < -0.3 is 9.47 Å². The number of aryl methyl sites for hydroxylation is 1. The van der Waals surface area contributed by atoms with Crippen molar-refractivity contribution in [1.29, 1.82) is 0 Å². The second-order valence-corrected chi connectivity index (χ2v) is 9.76. The van der Waals surface area contributed by atoms with E-state index in [1.54, 1.807) is 38.1 Å². The number of anilines is 1. The zero-order chi connectivity index (χ0) is 22.0. The molecule has 0 amide bonds. The number of thiophene rings is 1.